The molecule has 0 unspecified atom stereocenters. The summed E-state index contributed by atoms with van der Waals surface area (Å²) >= 11 is 0. The van der Waals surface area contributed by atoms with Crippen molar-refractivity contribution >= 4 is 28.7 Å². The Labute approximate surface area is 141 Å². The number of hydrogen-bond acceptors (Lipinski definition) is 3. The lowest BCUT2D eigenvalue weighted by molar-refractivity contribution is -0.148. The predicted octanol–water partition coefficient (Wildman–Crippen LogP) is 3.26. The molecule has 1 heterocycles. The Morgan fingerprint density at radius 2 is 1.79 bits per heavy atom. The van der Waals surface area contributed by atoms with E-state index in [1.165, 1.54) is 7.11 Å². The zero-order valence-electron chi connectivity index (χ0n) is 13.8. The van der Waals surface area contributed by atoms with Gasteiger partial charge >= 0.3 is 5.97 Å². The van der Waals surface area contributed by atoms with E-state index < -0.39 is 0 Å². The molecule has 4 heteroatoms. The van der Waals surface area contributed by atoms with Gasteiger partial charge in [0.05, 0.1) is 13.0 Å². The smallest absolute Gasteiger partial charge is 0.308 e. The van der Waals surface area contributed by atoms with Gasteiger partial charge in [0.25, 0.3) is 0 Å². The summed E-state index contributed by atoms with van der Waals surface area (Å²) in [6.45, 7) is 1.19. The standard InChI is InChI=1S/C20H21NO3/c1-24-20(23)17-11-13-21(14-12-17)19(22)10-9-16-7-4-6-15-5-2-3-8-18(15)16/h2-10,17H,11-14H2,1H3/b10-9+. The van der Waals surface area contributed by atoms with Crippen LogP contribution in [-0.2, 0) is 14.3 Å². The Hall–Kier alpha value is -2.62. The van der Waals surface area contributed by atoms with Crippen LogP contribution in [0.3, 0.4) is 0 Å². The Morgan fingerprint density at radius 3 is 2.54 bits per heavy atom. The number of esters is 1. The number of piperidine rings is 1. The van der Waals surface area contributed by atoms with Gasteiger partial charge in [-0.2, -0.15) is 0 Å². The molecule has 2 aromatic rings. The lowest BCUT2D eigenvalue weighted by Gasteiger charge is -2.29. The molecule has 1 amide bonds. The highest BCUT2D eigenvalue weighted by molar-refractivity contribution is 5.96. The van der Waals surface area contributed by atoms with E-state index in [2.05, 4.69) is 18.2 Å². The monoisotopic (exact) mass is 323 g/mol. The minimum atomic E-state index is -0.173. The summed E-state index contributed by atoms with van der Waals surface area (Å²) in [6.07, 6.45) is 4.83. The van der Waals surface area contributed by atoms with Crippen LogP contribution in [0.5, 0.6) is 0 Å². The van der Waals surface area contributed by atoms with Gasteiger partial charge in [0, 0.05) is 19.2 Å². The molecule has 0 N–H and O–H groups in total. The topological polar surface area (TPSA) is 46.6 Å². The van der Waals surface area contributed by atoms with E-state index in [9.17, 15) is 9.59 Å². The first-order valence-electron chi connectivity index (χ1n) is 8.21. The van der Waals surface area contributed by atoms with Crippen LogP contribution >= 0.6 is 0 Å². The SMILES string of the molecule is COC(=O)C1CCN(C(=O)/C=C/c2cccc3ccccc23)CC1. The second-order valence-corrected chi connectivity index (χ2v) is 6.02. The lowest BCUT2D eigenvalue weighted by Crippen LogP contribution is -2.39. The van der Waals surface area contributed by atoms with Crippen molar-refractivity contribution in [2.24, 2.45) is 5.92 Å². The molecule has 4 nitrogen and oxygen atoms in total. The summed E-state index contributed by atoms with van der Waals surface area (Å²) in [7, 11) is 1.41. The Kier molecular flexibility index (Phi) is 4.94. The van der Waals surface area contributed by atoms with Crippen molar-refractivity contribution in [3.8, 4) is 0 Å². The van der Waals surface area contributed by atoms with E-state index >= 15 is 0 Å². The summed E-state index contributed by atoms with van der Waals surface area (Å²) in [5.74, 6) is -0.263. The summed E-state index contributed by atoms with van der Waals surface area (Å²) in [6, 6.07) is 14.2. The summed E-state index contributed by atoms with van der Waals surface area (Å²) in [5.41, 5.74) is 1.03. The van der Waals surface area contributed by atoms with E-state index in [4.69, 9.17) is 4.74 Å². The molecule has 1 aliphatic heterocycles. The van der Waals surface area contributed by atoms with E-state index in [-0.39, 0.29) is 17.8 Å². The third-order valence-corrected chi connectivity index (χ3v) is 4.57. The Morgan fingerprint density at radius 1 is 1.08 bits per heavy atom. The molecular formula is C20H21NO3. The maximum atomic E-state index is 12.4. The van der Waals surface area contributed by atoms with Crippen LogP contribution in [0.1, 0.15) is 18.4 Å². The number of amides is 1. The minimum Gasteiger partial charge on any atom is -0.469 e. The minimum absolute atomic E-state index is 0.00810. The molecule has 0 radical (unpaired) electrons. The second kappa shape index (κ2) is 7.30. The van der Waals surface area contributed by atoms with Crippen molar-refractivity contribution in [1.29, 1.82) is 0 Å². The molecule has 0 aliphatic carbocycles. The number of carbonyl (C=O) groups excluding carboxylic acids is 2. The zero-order valence-corrected chi connectivity index (χ0v) is 13.8. The van der Waals surface area contributed by atoms with Gasteiger partial charge in [-0.1, -0.05) is 42.5 Å². The van der Waals surface area contributed by atoms with Gasteiger partial charge in [-0.3, -0.25) is 9.59 Å². The summed E-state index contributed by atoms with van der Waals surface area (Å²) in [5, 5.41) is 2.29. The zero-order chi connectivity index (χ0) is 16.9. The molecule has 0 aromatic heterocycles. The van der Waals surface area contributed by atoms with Crippen LogP contribution in [0.15, 0.2) is 48.5 Å². The molecule has 3 rings (SSSR count). The Bertz CT molecular complexity index is 768. The quantitative estimate of drug-likeness (QED) is 0.643. The predicted molar refractivity (Wildman–Crippen MR) is 94.3 cm³/mol. The van der Waals surface area contributed by atoms with Gasteiger partial charge < -0.3 is 9.64 Å². The maximum absolute atomic E-state index is 12.4. The summed E-state index contributed by atoms with van der Waals surface area (Å²) < 4.78 is 4.78. The van der Waals surface area contributed by atoms with Crippen molar-refractivity contribution in [3.05, 3.63) is 54.1 Å². The van der Waals surface area contributed by atoms with Crippen molar-refractivity contribution < 1.29 is 14.3 Å². The molecule has 124 valence electrons. The summed E-state index contributed by atoms with van der Waals surface area (Å²) in [4.78, 5) is 25.7. The molecular weight excluding hydrogens is 302 g/mol. The van der Waals surface area contributed by atoms with Crippen molar-refractivity contribution in [1.82, 2.24) is 4.90 Å². The van der Waals surface area contributed by atoms with Crippen LogP contribution in [-0.4, -0.2) is 37.0 Å². The first-order chi connectivity index (χ1) is 11.7. The second-order valence-electron chi connectivity index (χ2n) is 6.02. The number of benzene rings is 2. The van der Waals surface area contributed by atoms with Crippen LogP contribution in [0.25, 0.3) is 16.8 Å². The lowest BCUT2D eigenvalue weighted by atomic mass is 9.97. The molecule has 1 fully saturated rings. The Balaban J connectivity index is 1.67. The molecule has 0 saturated carbocycles. The fraction of sp³-hybridized carbons (Fsp3) is 0.300. The van der Waals surface area contributed by atoms with Gasteiger partial charge in [-0.25, -0.2) is 0 Å². The number of fused-ring (bicyclic) bond motifs is 1. The molecule has 0 spiro atoms. The maximum Gasteiger partial charge on any atom is 0.308 e. The van der Waals surface area contributed by atoms with E-state index in [1.807, 2.05) is 30.3 Å². The number of hydrogen-bond donors (Lipinski definition) is 0. The largest absolute Gasteiger partial charge is 0.469 e. The van der Waals surface area contributed by atoms with E-state index in [0.29, 0.717) is 25.9 Å². The van der Waals surface area contributed by atoms with Crippen molar-refractivity contribution in [2.45, 2.75) is 12.8 Å². The van der Waals surface area contributed by atoms with E-state index in [1.54, 1.807) is 11.0 Å². The third-order valence-electron chi connectivity index (χ3n) is 4.57. The fourth-order valence-electron chi connectivity index (χ4n) is 3.16. The van der Waals surface area contributed by atoms with Gasteiger partial charge in [-0.15, -0.1) is 0 Å². The molecule has 2 aromatic carbocycles. The number of ether oxygens (including phenoxy) is 1. The van der Waals surface area contributed by atoms with Gasteiger partial charge in [0.1, 0.15) is 0 Å². The van der Waals surface area contributed by atoms with Gasteiger partial charge in [0.2, 0.25) is 5.91 Å². The normalized spacial score (nSPS) is 15.8. The van der Waals surface area contributed by atoms with Crippen molar-refractivity contribution in [2.75, 3.05) is 20.2 Å². The highest BCUT2D eigenvalue weighted by Crippen LogP contribution is 2.21. The van der Waals surface area contributed by atoms with Crippen LogP contribution in [0.2, 0.25) is 0 Å². The molecule has 1 aliphatic rings. The third kappa shape index (κ3) is 3.48. The van der Waals surface area contributed by atoms with E-state index in [0.717, 1.165) is 16.3 Å². The van der Waals surface area contributed by atoms with Crippen LogP contribution < -0.4 is 0 Å². The number of nitrogens with zero attached hydrogens (tertiary/aromatic N) is 1. The highest BCUT2D eigenvalue weighted by atomic mass is 16.5. The highest BCUT2D eigenvalue weighted by Gasteiger charge is 2.26. The van der Waals surface area contributed by atoms with Gasteiger partial charge in [-0.05, 0) is 35.3 Å². The molecule has 0 atom stereocenters. The van der Waals surface area contributed by atoms with Crippen LogP contribution in [0.4, 0.5) is 0 Å². The van der Waals surface area contributed by atoms with Gasteiger partial charge in [0.15, 0.2) is 0 Å². The molecule has 1 saturated heterocycles. The molecule has 0 bridgehead atoms. The first-order valence-corrected chi connectivity index (χ1v) is 8.21. The van der Waals surface area contributed by atoms with Crippen molar-refractivity contribution in [3.63, 3.8) is 0 Å². The average molecular weight is 323 g/mol. The average Bonchev–Trinajstić information content (AvgIpc) is 2.65. The number of likely N-dealkylation sites (tertiary alicyclic amines) is 1. The van der Waals surface area contributed by atoms with Crippen LogP contribution in [0, 0.1) is 5.92 Å². The number of methoxy groups -OCH3 is 1. The molecule has 24 heavy (non-hydrogen) atoms. The first kappa shape index (κ1) is 16.2. The fourth-order valence-corrected chi connectivity index (χ4v) is 3.16. The number of rotatable bonds is 3. The number of carbonyl (C=O) groups is 2.